The molecule has 12 heavy (non-hydrogen) atoms. The topological polar surface area (TPSA) is 23.6 Å². The number of rotatable bonds is 1. The van der Waals surface area contributed by atoms with Crippen molar-refractivity contribution in [2.45, 2.75) is 19.8 Å². The van der Waals surface area contributed by atoms with Crippen molar-refractivity contribution < 1.29 is 4.79 Å². The maximum Gasteiger partial charge on any atom is 0.148 e. The molecule has 1 fully saturated rings. The van der Waals surface area contributed by atoms with Crippen LogP contribution >= 0.6 is 0 Å². The minimum Gasteiger partial charge on any atom is -0.311 e. The molecule has 0 aromatic carbocycles. The maximum atomic E-state index is 11.2. The van der Waals surface area contributed by atoms with Crippen LogP contribution in [0.15, 0.2) is 12.3 Å². The molecular weight excluding hydrogens is 152 g/mol. The van der Waals surface area contributed by atoms with Gasteiger partial charge in [0, 0.05) is 25.7 Å². The molecule has 0 aliphatic carbocycles. The van der Waals surface area contributed by atoms with E-state index in [9.17, 15) is 4.79 Å². The van der Waals surface area contributed by atoms with E-state index in [0.29, 0.717) is 18.7 Å². The second-order valence-electron chi connectivity index (χ2n) is 3.32. The van der Waals surface area contributed by atoms with E-state index in [1.807, 2.05) is 19.0 Å². The van der Waals surface area contributed by atoms with E-state index in [1.54, 1.807) is 0 Å². The Kier molecular flexibility index (Phi) is 2.87. The third-order valence-corrected chi connectivity index (χ3v) is 2.08. The number of nitrogens with zero attached hydrogens (tertiary/aromatic N) is 2. The lowest BCUT2D eigenvalue weighted by Crippen LogP contribution is -2.39. The van der Waals surface area contributed by atoms with E-state index in [-0.39, 0.29) is 0 Å². The molecule has 0 saturated carbocycles. The average molecular weight is 168 g/mol. The van der Waals surface area contributed by atoms with E-state index in [0.717, 1.165) is 18.7 Å². The Hall–Kier alpha value is -0.830. The van der Waals surface area contributed by atoms with Crippen molar-refractivity contribution in [2.24, 2.45) is 0 Å². The molecule has 1 saturated heterocycles. The SMILES string of the molecule is C=C(C)N1CCCC(=O)CN1C. The largest absolute Gasteiger partial charge is 0.311 e. The smallest absolute Gasteiger partial charge is 0.148 e. The van der Waals surface area contributed by atoms with Crippen LogP contribution in [0.3, 0.4) is 0 Å². The van der Waals surface area contributed by atoms with Crippen LogP contribution in [-0.2, 0) is 4.79 Å². The zero-order valence-corrected chi connectivity index (χ0v) is 7.84. The van der Waals surface area contributed by atoms with Crippen molar-refractivity contribution in [1.29, 1.82) is 0 Å². The van der Waals surface area contributed by atoms with E-state index >= 15 is 0 Å². The molecule has 0 radical (unpaired) electrons. The summed E-state index contributed by atoms with van der Waals surface area (Å²) >= 11 is 0. The van der Waals surface area contributed by atoms with Crippen LogP contribution in [0.5, 0.6) is 0 Å². The average Bonchev–Trinajstić information content (AvgIpc) is 2.10. The van der Waals surface area contributed by atoms with Gasteiger partial charge in [0.2, 0.25) is 0 Å². The molecule has 0 aromatic heterocycles. The first-order chi connectivity index (χ1) is 5.61. The third-order valence-electron chi connectivity index (χ3n) is 2.08. The summed E-state index contributed by atoms with van der Waals surface area (Å²) in [5.41, 5.74) is 1.01. The summed E-state index contributed by atoms with van der Waals surface area (Å²) in [7, 11) is 1.93. The first-order valence-corrected chi connectivity index (χ1v) is 4.27. The lowest BCUT2D eigenvalue weighted by molar-refractivity contribution is -0.121. The number of allylic oxidation sites excluding steroid dienone is 1. The molecule has 0 amide bonds. The zero-order valence-electron chi connectivity index (χ0n) is 7.84. The summed E-state index contributed by atoms with van der Waals surface area (Å²) in [5, 5.41) is 4.00. The van der Waals surface area contributed by atoms with E-state index in [1.165, 1.54) is 0 Å². The summed E-state index contributed by atoms with van der Waals surface area (Å²) in [5.74, 6) is 0.321. The van der Waals surface area contributed by atoms with Gasteiger partial charge in [-0.2, -0.15) is 0 Å². The Morgan fingerprint density at radius 3 is 2.83 bits per heavy atom. The normalized spacial score (nSPS) is 20.8. The van der Waals surface area contributed by atoms with Crippen molar-refractivity contribution in [3.05, 3.63) is 12.3 Å². The van der Waals surface area contributed by atoms with Gasteiger partial charge in [0.25, 0.3) is 0 Å². The minimum atomic E-state index is 0.321. The predicted octanol–water partition coefficient (Wildman–Crippen LogP) is 1.03. The fourth-order valence-corrected chi connectivity index (χ4v) is 1.50. The fraction of sp³-hybridized carbons (Fsp3) is 0.667. The van der Waals surface area contributed by atoms with E-state index in [4.69, 9.17) is 0 Å². The van der Waals surface area contributed by atoms with E-state index in [2.05, 4.69) is 11.6 Å². The number of ketones is 1. The Balaban J connectivity index is 2.63. The highest BCUT2D eigenvalue weighted by atomic mass is 16.1. The predicted molar refractivity (Wildman–Crippen MR) is 48.4 cm³/mol. The molecule has 3 heteroatoms. The van der Waals surface area contributed by atoms with Crippen LogP contribution in [-0.4, -0.2) is 35.9 Å². The van der Waals surface area contributed by atoms with Crippen molar-refractivity contribution in [1.82, 2.24) is 10.0 Å². The van der Waals surface area contributed by atoms with Crippen LogP contribution in [0.25, 0.3) is 0 Å². The molecule has 0 N–H and O–H groups in total. The number of hydrazine groups is 1. The molecule has 0 aromatic rings. The van der Waals surface area contributed by atoms with Gasteiger partial charge in [-0.1, -0.05) is 6.58 Å². The highest BCUT2D eigenvalue weighted by Gasteiger charge is 2.17. The van der Waals surface area contributed by atoms with Gasteiger partial charge in [-0.25, -0.2) is 5.01 Å². The fourth-order valence-electron chi connectivity index (χ4n) is 1.50. The minimum absolute atomic E-state index is 0.321. The van der Waals surface area contributed by atoms with Crippen molar-refractivity contribution in [2.75, 3.05) is 20.1 Å². The monoisotopic (exact) mass is 168 g/mol. The lowest BCUT2D eigenvalue weighted by Gasteiger charge is -2.31. The van der Waals surface area contributed by atoms with Gasteiger partial charge in [-0.05, 0) is 13.3 Å². The first-order valence-electron chi connectivity index (χ1n) is 4.27. The second-order valence-corrected chi connectivity index (χ2v) is 3.32. The van der Waals surface area contributed by atoms with Crippen molar-refractivity contribution in [3.63, 3.8) is 0 Å². The number of carbonyl (C=O) groups excluding carboxylic acids is 1. The van der Waals surface area contributed by atoms with Gasteiger partial charge in [0.15, 0.2) is 0 Å². The number of hydrogen-bond acceptors (Lipinski definition) is 3. The quantitative estimate of drug-likeness (QED) is 0.584. The third kappa shape index (κ3) is 2.08. The summed E-state index contributed by atoms with van der Waals surface area (Å²) < 4.78 is 0. The zero-order chi connectivity index (χ0) is 9.14. The number of likely N-dealkylation sites (N-methyl/N-ethyl adjacent to an activating group) is 1. The Morgan fingerprint density at radius 1 is 1.58 bits per heavy atom. The van der Waals surface area contributed by atoms with Gasteiger partial charge in [-0.3, -0.25) is 4.79 Å². The molecule has 1 rings (SSSR count). The molecule has 0 spiro atoms. The number of carbonyl (C=O) groups is 1. The summed E-state index contributed by atoms with van der Waals surface area (Å²) in [6, 6.07) is 0. The molecule has 68 valence electrons. The molecule has 1 heterocycles. The van der Waals surface area contributed by atoms with Crippen LogP contribution in [0.2, 0.25) is 0 Å². The molecule has 1 aliphatic heterocycles. The molecule has 1 aliphatic rings. The van der Waals surface area contributed by atoms with Crippen molar-refractivity contribution in [3.8, 4) is 0 Å². The van der Waals surface area contributed by atoms with Gasteiger partial charge in [0.1, 0.15) is 5.78 Å². The van der Waals surface area contributed by atoms with Crippen LogP contribution in [0, 0.1) is 0 Å². The number of Topliss-reactive ketones (excluding diaryl/α,β-unsaturated/α-hetero) is 1. The van der Waals surface area contributed by atoms with Crippen LogP contribution in [0.1, 0.15) is 19.8 Å². The Bertz CT molecular complexity index is 201. The van der Waals surface area contributed by atoms with Crippen LogP contribution < -0.4 is 0 Å². The van der Waals surface area contributed by atoms with Gasteiger partial charge in [-0.15, -0.1) is 0 Å². The van der Waals surface area contributed by atoms with Crippen LogP contribution in [0.4, 0.5) is 0 Å². The summed E-state index contributed by atoms with van der Waals surface area (Å²) in [6.45, 7) is 7.27. The molecule has 0 bridgehead atoms. The standard InChI is InChI=1S/C9H16N2O/c1-8(2)11-6-4-5-9(12)7-10(11)3/h1,4-7H2,2-3H3. The van der Waals surface area contributed by atoms with E-state index < -0.39 is 0 Å². The summed E-state index contributed by atoms with van der Waals surface area (Å²) in [4.78, 5) is 11.2. The second kappa shape index (κ2) is 3.72. The van der Waals surface area contributed by atoms with Gasteiger partial charge < -0.3 is 5.01 Å². The van der Waals surface area contributed by atoms with Gasteiger partial charge >= 0.3 is 0 Å². The molecule has 0 unspecified atom stereocenters. The lowest BCUT2D eigenvalue weighted by atomic mass is 10.2. The highest BCUT2D eigenvalue weighted by molar-refractivity contribution is 5.80. The molecule has 3 nitrogen and oxygen atoms in total. The molecule has 0 atom stereocenters. The Labute approximate surface area is 73.6 Å². The highest BCUT2D eigenvalue weighted by Crippen LogP contribution is 2.11. The van der Waals surface area contributed by atoms with Gasteiger partial charge in [0.05, 0.1) is 6.54 Å². The first kappa shape index (κ1) is 9.26. The van der Waals surface area contributed by atoms with Crippen molar-refractivity contribution >= 4 is 5.78 Å². The Morgan fingerprint density at radius 2 is 2.25 bits per heavy atom. The summed E-state index contributed by atoms with van der Waals surface area (Å²) in [6.07, 6.45) is 1.64. The molecular formula is C9H16N2O. The maximum absolute atomic E-state index is 11.2. The number of hydrogen-bond donors (Lipinski definition) is 0.